The van der Waals surface area contributed by atoms with Gasteiger partial charge in [0.15, 0.2) is 6.10 Å². The van der Waals surface area contributed by atoms with Gasteiger partial charge in [-0.05, 0) is 25.8 Å². The molecule has 1 saturated heterocycles. The van der Waals surface area contributed by atoms with Crippen LogP contribution in [0.3, 0.4) is 0 Å². The summed E-state index contributed by atoms with van der Waals surface area (Å²) in [7, 11) is 0. The molecule has 3 rings (SSSR count). The number of nitrogens with one attached hydrogen (secondary N) is 1. The Labute approximate surface area is 146 Å². The van der Waals surface area contributed by atoms with Crippen molar-refractivity contribution in [3.8, 4) is 0 Å². The molecule has 1 aromatic carbocycles. The summed E-state index contributed by atoms with van der Waals surface area (Å²) >= 11 is 0. The average molecular weight is 342 g/mol. The maximum atomic E-state index is 12.6. The Morgan fingerprint density at radius 2 is 2.04 bits per heavy atom. The largest absolute Gasteiger partial charge is 0.453 e. The second-order valence-electron chi connectivity index (χ2n) is 6.37. The molecule has 0 unspecified atom stereocenters. The second-order valence-corrected chi connectivity index (χ2v) is 6.37. The van der Waals surface area contributed by atoms with Crippen molar-refractivity contribution in [2.45, 2.75) is 38.7 Å². The molecule has 0 saturated carbocycles. The number of carbonyl (C=O) groups is 3. The first-order valence-corrected chi connectivity index (χ1v) is 8.64. The minimum Gasteiger partial charge on any atom is -0.453 e. The van der Waals surface area contributed by atoms with Gasteiger partial charge in [-0.15, -0.1) is 0 Å². The monoisotopic (exact) mass is 342 g/mol. The smallest absolute Gasteiger partial charge is 0.326 e. The van der Waals surface area contributed by atoms with Crippen molar-refractivity contribution in [2.24, 2.45) is 0 Å². The van der Waals surface area contributed by atoms with Gasteiger partial charge in [-0.25, -0.2) is 0 Å². The minimum absolute atomic E-state index is 0.0231. The third-order valence-electron chi connectivity index (χ3n) is 4.52. The zero-order valence-corrected chi connectivity index (χ0v) is 14.3. The Kier molecular flexibility index (Phi) is 5.16. The summed E-state index contributed by atoms with van der Waals surface area (Å²) in [4.78, 5) is 41.2. The molecular weight excluding hydrogens is 320 g/mol. The summed E-state index contributed by atoms with van der Waals surface area (Å²) in [5.74, 6) is -0.825. The molecule has 0 aliphatic carbocycles. The maximum Gasteiger partial charge on any atom is 0.326 e. The third-order valence-corrected chi connectivity index (χ3v) is 4.52. The van der Waals surface area contributed by atoms with E-state index in [4.69, 9.17) is 4.74 Å². The number of ketones is 1. The summed E-state index contributed by atoms with van der Waals surface area (Å²) in [5.41, 5.74) is 1.36. The second kappa shape index (κ2) is 7.51. The standard InChI is InChI=1S/C19H22N2O4/c1-13(19(24)15-11-20-16-8-5-4-7-14(15)16)25-18(23)12-21-10-6-2-3-9-17(21)22/h4-5,7-8,11,13,20H,2-3,6,9-10,12H2,1H3/t13-/m0/s1. The van der Waals surface area contributed by atoms with Crippen LogP contribution >= 0.6 is 0 Å². The van der Waals surface area contributed by atoms with Gasteiger partial charge in [-0.3, -0.25) is 14.4 Å². The van der Waals surface area contributed by atoms with Gasteiger partial charge < -0.3 is 14.6 Å². The summed E-state index contributed by atoms with van der Waals surface area (Å²) in [5, 5.41) is 0.804. The number of nitrogens with zero attached hydrogens (tertiary/aromatic N) is 1. The van der Waals surface area contributed by atoms with Crippen LogP contribution in [0.15, 0.2) is 30.5 Å². The fourth-order valence-corrected chi connectivity index (χ4v) is 3.14. The zero-order chi connectivity index (χ0) is 17.8. The van der Waals surface area contributed by atoms with E-state index in [1.54, 1.807) is 13.1 Å². The fraction of sp³-hybridized carbons (Fsp3) is 0.421. The lowest BCUT2D eigenvalue weighted by atomic mass is 10.1. The number of likely N-dealkylation sites (tertiary alicyclic amines) is 1. The molecule has 1 aliphatic heterocycles. The Hall–Kier alpha value is -2.63. The predicted octanol–water partition coefficient (Wildman–Crippen LogP) is 2.68. The summed E-state index contributed by atoms with van der Waals surface area (Å²) in [6.07, 6.45) is 3.95. The van der Waals surface area contributed by atoms with Crippen molar-refractivity contribution in [3.05, 3.63) is 36.0 Å². The molecule has 6 nitrogen and oxygen atoms in total. The highest BCUT2D eigenvalue weighted by atomic mass is 16.5. The number of fused-ring (bicyclic) bond motifs is 1. The van der Waals surface area contributed by atoms with Crippen LogP contribution in [0.2, 0.25) is 0 Å². The molecular formula is C19H22N2O4. The number of benzene rings is 1. The first-order chi connectivity index (χ1) is 12.1. The van der Waals surface area contributed by atoms with Crippen molar-refractivity contribution in [3.63, 3.8) is 0 Å². The number of hydrogen-bond donors (Lipinski definition) is 1. The maximum absolute atomic E-state index is 12.6. The van der Waals surface area contributed by atoms with Crippen molar-refractivity contribution in [1.82, 2.24) is 9.88 Å². The molecule has 1 aromatic heterocycles. The Morgan fingerprint density at radius 1 is 1.24 bits per heavy atom. The van der Waals surface area contributed by atoms with Crippen molar-refractivity contribution in [2.75, 3.05) is 13.1 Å². The molecule has 0 bridgehead atoms. The van der Waals surface area contributed by atoms with E-state index in [2.05, 4.69) is 4.98 Å². The lowest BCUT2D eigenvalue weighted by molar-refractivity contribution is -0.151. The number of carbonyl (C=O) groups excluding carboxylic acids is 3. The molecule has 6 heteroatoms. The Morgan fingerprint density at radius 3 is 2.88 bits per heavy atom. The normalized spacial score (nSPS) is 16.5. The number of amides is 1. The van der Waals surface area contributed by atoms with Crippen molar-refractivity contribution in [1.29, 1.82) is 0 Å². The van der Waals surface area contributed by atoms with E-state index in [-0.39, 0.29) is 18.2 Å². The Balaban J connectivity index is 1.63. The fourth-order valence-electron chi connectivity index (χ4n) is 3.14. The lowest BCUT2D eigenvalue weighted by Gasteiger charge is -2.20. The molecule has 132 valence electrons. The van der Waals surface area contributed by atoms with Crippen LogP contribution < -0.4 is 0 Å². The van der Waals surface area contributed by atoms with Gasteiger partial charge >= 0.3 is 5.97 Å². The predicted molar refractivity (Wildman–Crippen MR) is 93.2 cm³/mol. The number of rotatable bonds is 5. The van der Waals surface area contributed by atoms with E-state index in [0.717, 1.165) is 30.2 Å². The van der Waals surface area contributed by atoms with Crippen LogP contribution in [0.5, 0.6) is 0 Å². The topological polar surface area (TPSA) is 79.5 Å². The SMILES string of the molecule is C[C@H](OC(=O)CN1CCCCCC1=O)C(=O)c1c[nH]c2ccccc12. The summed E-state index contributed by atoms with van der Waals surface area (Å²) in [6, 6.07) is 7.47. The van der Waals surface area contributed by atoms with Gasteiger partial charge in [-0.2, -0.15) is 0 Å². The van der Waals surface area contributed by atoms with E-state index in [1.165, 1.54) is 4.90 Å². The number of hydrogen-bond acceptors (Lipinski definition) is 4. The van der Waals surface area contributed by atoms with Crippen molar-refractivity contribution < 1.29 is 19.1 Å². The molecule has 2 aromatic rings. The van der Waals surface area contributed by atoms with Gasteiger partial charge in [0.25, 0.3) is 0 Å². The highest BCUT2D eigenvalue weighted by Gasteiger charge is 2.25. The molecule has 1 aliphatic rings. The number of aromatic nitrogens is 1. The third kappa shape index (κ3) is 3.90. The van der Waals surface area contributed by atoms with Crippen molar-refractivity contribution >= 4 is 28.6 Å². The first-order valence-electron chi connectivity index (χ1n) is 8.64. The molecule has 25 heavy (non-hydrogen) atoms. The van der Waals surface area contributed by atoms with Crippen LogP contribution in [0.25, 0.3) is 10.9 Å². The number of H-pyrrole nitrogens is 1. The van der Waals surface area contributed by atoms with Crippen LogP contribution in [0, 0.1) is 0 Å². The van der Waals surface area contributed by atoms with Gasteiger partial charge in [0.1, 0.15) is 6.54 Å². The van der Waals surface area contributed by atoms with Gasteiger partial charge in [-0.1, -0.05) is 24.6 Å². The van der Waals surface area contributed by atoms with E-state index in [0.29, 0.717) is 18.5 Å². The molecule has 1 atom stereocenters. The summed E-state index contributed by atoms with van der Waals surface area (Å²) in [6.45, 7) is 2.04. The number of Topliss-reactive ketones (excluding diaryl/α,β-unsaturated/α-hetero) is 1. The van der Waals surface area contributed by atoms with Crippen LogP contribution in [0.4, 0.5) is 0 Å². The first kappa shape index (κ1) is 17.2. The number of esters is 1. The molecule has 1 fully saturated rings. The number of para-hydroxylation sites is 1. The van der Waals surface area contributed by atoms with E-state index in [9.17, 15) is 14.4 Å². The number of ether oxygens (including phenoxy) is 1. The lowest BCUT2D eigenvalue weighted by Crippen LogP contribution is -2.37. The van der Waals surface area contributed by atoms with Crippen LogP contribution in [-0.2, 0) is 14.3 Å². The molecule has 1 amide bonds. The minimum atomic E-state index is -0.895. The zero-order valence-electron chi connectivity index (χ0n) is 14.3. The highest BCUT2D eigenvalue weighted by Crippen LogP contribution is 2.20. The highest BCUT2D eigenvalue weighted by molar-refractivity contribution is 6.10. The van der Waals surface area contributed by atoms with E-state index >= 15 is 0 Å². The van der Waals surface area contributed by atoms with E-state index < -0.39 is 12.1 Å². The summed E-state index contributed by atoms with van der Waals surface area (Å²) < 4.78 is 5.28. The van der Waals surface area contributed by atoms with Crippen LogP contribution in [0.1, 0.15) is 43.0 Å². The van der Waals surface area contributed by atoms with Gasteiger partial charge in [0, 0.05) is 35.6 Å². The van der Waals surface area contributed by atoms with E-state index in [1.807, 2.05) is 24.3 Å². The molecule has 1 N–H and O–H groups in total. The number of aromatic amines is 1. The van der Waals surface area contributed by atoms with Crippen LogP contribution in [-0.4, -0.2) is 46.7 Å². The van der Waals surface area contributed by atoms with Gasteiger partial charge in [0.2, 0.25) is 11.7 Å². The molecule has 0 spiro atoms. The van der Waals surface area contributed by atoms with Gasteiger partial charge in [0.05, 0.1) is 0 Å². The Bertz CT molecular complexity index is 796. The average Bonchev–Trinajstić information content (AvgIpc) is 2.93. The molecule has 0 radical (unpaired) electrons. The quantitative estimate of drug-likeness (QED) is 0.669. The molecule has 2 heterocycles.